The Morgan fingerprint density at radius 3 is 2.86 bits per heavy atom. The van der Waals surface area contributed by atoms with Crippen molar-refractivity contribution in [3.05, 3.63) is 24.1 Å². The maximum absolute atomic E-state index is 12.7. The fourth-order valence-corrected chi connectivity index (χ4v) is 1.11. The van der Waals surface area contributed by atoms with Crippen molar-refractivity contribution in [1.82, 2.24) is 4.98 Å². The van der Waals surface area contributed by atoms with Gasteiger partial charge in [0, 0.05) is 13.6 Å². The quantitative estimate of drug-likeness (QED) is 0.743. The van der Waals surface area contributed by atoms with Gasteiger partial charge >= 0.3 is 0 Å². The second kappa shape index (κ2) is 4.91. The van der Waals surface area contributed by atoms with Crippen molar-refractivity contribution in [1.29, 1.82) is 0 Å². The maximum atomic E-state index is 12.7. The number of nitrogens with zero attached hydrogens (tertiary/aromatic N) is 2. The highest BCUT2D eigenvalue weighted by Crippen LogP contribution is 2.09. The SMILES string of the molecule is CC(O)CCN(C)c1cccc(F)n1. The summed E-state index contributed by atoms with van der Waals surface area (Å²) in [5.74, 6) is 0.108. The summed E-state index contributed by atoms with van der Waals surface area (Å²) in [6.07, 6.45) is 0.306. The van der Waals surface area contributed by atoms with Gasteiger partial charge in [-0.25, -0.2) is 4.98 Å². The molecule has 78 valence electrons. The lowest BCUT2D eigenvalue weighted by Gasteiger charge is -2.18. The van der Waals surface area contributed by atoms with Crippen molar-refractivity contribution < 1.29 is 9.50 Å². The summed E-state index contributed by atoms with van der Waals surface area (Å²) < 4.78 is 12.7. The lowest BCUT2D eigenvalue weighted by atomic mass is 10.3. The van der Waals surface area contributed by atoms with Crippen LogP contribution >= 0.6 is 0 Å². The number of aromatic nitrogens is 1. The van der Waals surface area contributed by atoms with Crippen LogP contribution in [0.1, 0.15) is 13.3 Å². The Labute approximate surface area is 83.2 Å². The highest BCUT2D eigenvalue weighted by molar-refractivity contribution is 5.36. The average Bonchev–Trinajstić information content (AvgIpc) is 2.14. The Morgan fingerprint density at radius 1 is 1.57 bits per heavy atom. The first-order valence-electron chi connectivity index (χ1n) is 4.61. The highest BCUT2D eigenvalue weighted by Gasteiger charge is 2.04. The van der Waals surface area contributed by atoms with E-state index in [0.717, 1.165) is 0 Å². The van der Waals surface area contributed by atoms with Crippen LogP contribution in [-0.4, -0.2) is 29.8 Å². The molecule has 1 aromatic heterocycles. The Kier molecular flexibility index (Phi) is 3.83. The van der Waals surface area contributed by atoms with Crippen LogP contribution in [0.4, 0.5) is 10.2 Å². The van der Waals surface area contributed by atoms with Crippen LogP contribution in [0.25, 0.3) is 0 Å². The zero-order chi connectivity index (χ0) is 10.6. The number of aliphatic hydroxyl groups is 1. The Morgan fingerprint density at radius 2 is 2.29 bits per heavy atom. The third-order valence-electron chi connectivity index (χ3n) is 1.97. The summed E-state index contributed by atoms with van der Waals surface area (Å²) >= 11 is 0. The molecule has 3 nitrogen and oxygen atoms in total. The molecule has 1 atom stereocenters. The molecule has 0 fully saturated rings. The van der Waals surface area contributed by atoms with Crippen LogP contribution in [0, 0.1) is 5.95 Å². The molecular weight excluding hydrogens is 183 g/mol. The maximum Gasteiger partial charge on any atom is 0.214 e. The van der Waals surface area contributed by atoms with Crippen molar-refractivity contribution in [2.24, 2.45) is 0 Å². The van der Waals surface area contributed by atoms with Crippen LogP contribution in [-0.2, 0) is 0 Å². The summed E-state index contributed by atoms with van der Waals surface area (Å²) in [4.78, 5) is 5.54. The first kappa shape index (κ1) is 10.9. The summed E-state index contributed by atoms with van der Waals surface area (Å²) in [6, 6.07) is 4.67. The van der Waals surface area contributed by atoms with E-state index < -0.39 is 5.95 Å². The number of halogens is 1. The average molecular weight is 198 g/mol. The zero-order valence-electron chi connectivity index (χ0n) is 8.44. The van der Waals surface area contributed by atoms with Gasteiger partial charge in [-0.1, -0.05) is 6.07 Å². The molecule has 0 spiro atoms. The summed E-state index contributed by atoms with van der Waals surface area (Å²) in [7, 11) is 1.82. The van der Waals surface area contributed by atoms with Crippen molar-refractivity contribution >= 4 is 5.82 Å². The fourth-order valence-electron chi connectivity index (χ4n) is 1.11. The van der Waals surface area contributed by atoms with Crippen molar-refractivity contribution in [2.75, 3.05) is 18.5 Å². The van der Waals surface area contributed by atoms with Crippen LogP contribution in [0.15, 0.2) is 18.2 Å². The summed E-state index contributed by atoms with van der Waals surface area (Å²) in [5.41, 5.74) is 0. The summed E-state index contributed by atoms with van der Waals surface area (Å²) in [5, 5.41) is 9.08. The third-order valence-corrected chi connectivity index (χ3v) is 1.97. The number of hydrogen-bond acceptors (Lipinski definition) is 3. The highest BCUT2D eigenvalue weighted by atomic mass is 19.1. The van der Waals surface area contributed by atoms with Gasteiger partial charge in [-0.15, -0.1) is 0 Å². The molecule has 14 heavy (non-hydrogen) atoms. The van der Waals surface area contributed by atoms with Gasteiger partial charge in [-0.2, -0.15) is 4.39 Å². The first-order valence-corrected chi connectivity index (χ1v) is 4.61. The van der Waals surface area contributed by atoms with E-state index in [4.69, 9.17) is 5.11 Å². The lowest BCUT2D eigenvalue weighted by Crippen LogP contribution is -2.22. The molecule has 0 aliphatic heterocycles. The van der Waals surface area contributed by atoms with E-state index in [0.29, 0.717) is 18.8 Å². The molecule has 0 saturated carbocycles. The van der Waals surface area contributed by atoms with E-state index in [-0.39, 0.29) is 6.10 Å². The van der Waals surface area contributed by atoms with E-state index in [9.17, 15) is 4.39 Å². The Bertz CT molecular complexity index is 291. The third kappa shape index (κ3) is 3.30. The standard InChI is InChI=1S/C10H15FN2O/c1-8(14)6-7-13(2)10-5-3-4-9(11)12-10/h3-5,8,14H,6-7H2,1-2H3. The van der Waals surface area contributed by atoms with Gasteiger partial charge < -0.3 is 10.0 Å². The molecule has 1 rings (SSSR count). The number of rotatable bonds is 4. The zero-order valence-corrected chi connectivity index (χ0v) is 8.44. The van der Waals surface area contributed by atoms with Crippen molar-refractivity contribution in [2.45, 2.75) is 19.4 Å². The minimum Gasteiger partial charge on any atom is -0.393 e. The smallest absolute Gasteiger partial charge is 0.214 e. The van der Waals surface area contributed by atoms with Crippen LogP contribution in [0.3, 0.4) is 0 Å². The summed E-state index contributed by atoms with van der Waals surface area (Å²) in [6.45, 7) is 2.39. The van der Waals surface area contributed by atoms with Gasteiger partial charge in [-0.3, -0.25) is 0 Å². The largest absolute Gasteiger partial charge is 0.393 e. The van der Waals surface area contributed by atoms with E-state index in [1.165, 1.54) is 6.07 Å². The van der Waals surface area contributed by atoms with Crippen molar-refractivity contribution in [3.63, 3.8) is 0 Å². The van der Waals surface area contributed by atoms with E-state index in [2.05, 4.69) is 4.98 Å². The van der Waals surface area contributed by atoms with E-state index in [1.54, 1.807) is 19.1 Å². The second-order valence-electron chi connectivity index (χ2n) is 3.38. The lowest BCUT2D eigenvalue weighted by molar-refractivity contribution is 0.187. The molecule has 0 aliphatic carbocycles. The minimum absolute atomic E-state index is 0.342. The van der Waals surface area contributed by atoms with E-state index in [1.807, 2.05) is 11.9 Å². The number of anilines is 1. The molecule has 1 N–H and O–H groups in total. The van der Waals surface area contributed by atoms with Gasteiger partial charge in [0.2, 0.25) is 5.95 Å². The molecule has 1 heterocycles. The molecule has 0 aromatic carbocycles. The normalized spacial score (nSPS) is 12.6. The molecule has 0 radical (unpaired) electrons. The molecule has 0 saturated heterocycles. The van der Waals surface area contributed by atoms with Gasteiger partial charge in [0.05, 0.1) is 6.10 Å². The Hall–Kier alpha value is -1.16. The Balaban J connectivity index is 2.56. The monoisotopic (exact) mass is 198 g/mol. The molecule has 1 unspecified atom stereocenters. The van der Waals surface area contributed by atoms with Gasteiger partial charge in [0.25, 0.3) is 0 Å². The topological polar surface area (TPSA) is 36.4 Å². The molecular formula is C10H15FN2O. The molecule has 1 aromatic rings. The molecule has 0 aliphatic rings. The fraction of sp³-hybridized carbons (Fsp3) is 0.500. The van der Waals surface area contributed by atoms with Gasteiger partial charge in [0.15, 0.2) is 0 Å². The number of hydrogen-bond donors (Lipinski definition) is 1. The first-order chi connectivity index (χ1) is 6.59. The molecule has 4 heteroatoms. The van der Waals surface area contributed by atoms with Gasteiger partial charge in [0.1, 0.15) is 5.82 Å². The van der Waals surface area contributed by atoms with Crippen LogP contribution < -0.4 is 4.90 Å². The number of pyridine rings is 1. The molecule has 0 bridgehead atoms. The minimum atomic E-state index is -0.480. The van der Waals surface area contributed by atoms with E-state index >= 15 is 0 Å². The number of aliphatic hydroxyl groups excluding tert-OH is 1. The molecule has 0 amide bonds. The second-order valence-corrected chi connectivity index (χ2v) is 3.38. The van der Waals surface area contributed by atoms with Crippen molar-refractivity contribution in [3.8, 4) is 0 Å². The van der Waals surface area contributed by atoms with Crippen LogP contribution in [0.5, 0.6) is 0 Å². The van der Waals surface area contributed by atoms with Crippen LogP contribution in [0.2, 0.25) is 0 Å². The van der Waals surface area contributed by atoms with Gasteiger partial charge in [-0.05, 0) is 25.5 Å². The predicted molar refractivity (Wildman–Crippen MR) is 53.8 cm³/mol. The predicted octanol–water partition coefficient (Wildman–Crippen LogP) is 1.43.